The van der Waals surface area contributed by atoms with Crippen molar-refractivity contribution in [3.8, 4) is 17.0 Å². The van der Waals surface area contributed by atoms with Crippen LogP contribution in [-0.2, 0) is 9.47 Å². The quantitative estimate of drug-likeness (QED) is 0.563. The molecular weight excluding hydrogens is 339 g/mol. The number of ether oxygens (including phenoxy) is 3. The SMILES string of the molecule is COCCCOc1cc(F)c(-c2nc(C(=O)OC)ccc2F)c(F)c1. The fourth-order valence-electron chi connectivity index (χ4n) is 2.09. The van der Waals surface area contributed by atoms with Crippen molar-refractivity contribution in [3.05, 3.63) is 47.4 Å². The van der Waals surface area contributed by atoms with Gasteiger partial charge in [0.05, 0.1) is 19.3 Å². The van der Waals surface area contributed by atoms with Crippen LogP contribution in [0.25, 0.3) is 11.3 Å². The van der Waals surface area contributed by atoms with Gasteiger partial charge < -0.3 is 14.2 Å². The molecule has 0 aliphatic rings. The zero-order valence-electron chi connectivity index (χ0n) is 13.6. The second-order valence-corrected chi connectivity index (χ2v) is 4.98. The standard InChI is InChI=1S/C17H16F3NO4/c1-23-6-3-7-25-10-8-12(19)15(13(20)9-10)16-11(18)4-5-14(21-16)17(22)24-2/h4-5,8-9H,3,6-7H2,1-2H3. The van der Waals surface area contributed by atoms with Crippen molar-refractivity contribution in [2.75, 3.05) is 27.4 Å². The molecule has 2 rings (SSSR count). The maximum Gasteiger partial charge on any atom is 0.356 e. The summed E-state index contributed by atoms with van der Waals surface area (Å²) < 4.78 is 57.1. The van der Waals surface area contributed by atoms with E-state index in [0.29, 0.717) is 13.0 Å². The first-order chi connectivity index (χ1) is 12.0. The molecule has 0 aliphatic heterocycles. The predicted molar refractivity (Wildman–Crippen MR) is 82.9 cm³/mol. The van der Waals surface area contributed by atoms with Gasteiger partial charge in [0.1, 0.15) is 34.6 Å². The van der Waals surface area contributed by atoms with E-state index in [9.17, 15) is 18.0 Å². The minimum atomic E-state index is -1.06. The number of esters is 1. The second-order valence-electron chi connectivity index (χ2n) is 4.98. The third-order valence-electron chi connectivity index (χ3n) is 3.25. The van der Waals surface area contributed by atoms with Crippen molar-refractivity contribution in [2.45, 2.75) is 6.42 Å². The first kappa shape index (κ1) is 18.7. The summed E-state index contributed by atoms with van der Waals surface area (Å²) in [5.41, 5.74) is -1.58. The minimum Gasteiger partial charge on any atom is -0.493 e. The Labute approximate surface area is 142 Å². The Morgan fingerprint density at radius 3 is 2.32 bits per heavy atom. The van der Waals surface area contributed by atoms with E-state index in [2.05, 4.69) is 9.72 Å². The zero-order chi connectivity index (χ0) is 18.4. The third kappa shape index (κ3) is 4.48. The molecule has 0 bridgehead atoms. The van der Waals surface area contributed by atoms with E-state index in [1.807, 2.05) is 0 Å². The van der Waals surface area contributed by atoms with Crippen LogP contribution >= 0.6 is 0 Å². The molecule has 1 heterocycles. The Morgan fingerprint density at radius 2 is 1.72 bits per heavy atom. The normalized spacial score (nSPS) is 10.6. The van der Waals surface area contributed by atoms with Crippen molar-refractivity contribution >= 4 is 5.97 Å². The lowest BCUT2D eigenvalue weighted by Gasteiger charge is -2.11. The minimum absolute atomic E-state index is 0.0422. The predicted octanol–water partition coefficient (Wildman–Crippen LogP) is 3.37. The molecule has 0 saturated carbocycles. The van der Waals surface area contributed by atoms with E-state index >= 15 is 0 Å². The van der Waals surface area contributed by atoms with Gasteiger partial charge in [-0.2, -0.15) is 0 Å². The molecule has 0 aliphatic carbocycles. The van der Waals surface area contributed by atoms with Crippen molar-refractivity contribution in [3.63, 3.8) is 0 Å². The summed E-state index contributed by atoms with van der Waals surface area (Å²) in [5.74, 6) is -3.98. The number of aromatic nitrogens is 1. The average molecular weight is 355 g/mol. The summed E-state index contributed by atoms with van der Waals surface area (Å²) in [4.78, 5) is 15.1. The molecule has 1 aromatic heterocycles. The van der Waals surface area contributed by atoms with Crippen LogP contribution in [0.5, 0.6) is 5.75 Å². The highest BCUT2D eigenvalue weighted by Gasteiger charge is 2.21. The number of rotatable bonds is 7. The van der Waals surface area contributed by atoms with Crippen molar-refractivity contribution in [1.29, 1.82) is 0 Å². The van der Waals surface area contributed by atoms with Crippen molar-refractivity contribution in [2.24, 2.45) is 0 Å². The van der Waals surface area contributed by atoms with Crippen LogP contribution in [-0.4, -0.2) is 38.4 Å². The Morgan fingerprint density at radius 1 is 1.04 bits per heavy atom. The number of benzene rings is 1. The van der Waals surface area contributed by atoms with Crippen LogP contribution in [0.15, 0.2) is 24.3 Å². The van der Waals surface area contributed by atoms with E-state index < -0.39 is 34.7 Å². The molecule has 0 saturated heterocycles. The zero-order valence-corrected chi connectivity index (χ0v) is 13.6. The van der Waals surface area contributed by atoms with Gasteiger partial charge in [0.2, 0.25) is 0 Å². The molecule has 0 fully saturated rings. The molecule has 0 N–H and O–H groups in total. The Balaban J connectivity index is 2.35. The lowest BCUT2D eigenvalue weighted by molar-refractivity contribution is 0.0594. The third-order valence-corrected chi connectivity index (χ3v) is 3.25. The van der Waals surface area contributed by atoms with Gasteiger partial charge in [-0.1, -0.05) is 0 Å². The fourth-order valence-corrected chi connectivity index (χ4v) is 2.09. The largest absolute Gasteiger partial charge is 0.493 e. The van der Waals surface area contributed by atoms with E-state index in [1.165, 1.54) is 7.11 Å². The Hall–Kier alpha value is -2.61. The molecule has 0 atom stereocenters. The van der Waals surface area contributed by atoms with Gasteiger partial charge in [-0.05, 0) is 12.1 Å². The maximum atomic E-state index is 14.3. The molecule has 0 amide bonds. The lowest BCUT2D eigenvalue weighted by atomic mass is 10.1. The number of carbonyl (C=O) groups excluding carboxylic acids is 1. The van der Waals surface area contributed by atoms with Crippen LogP contribution in [0.3, 0.4) is 0 Å². The summed E-state index contributed by atoms with van der Waals surface area (Å²) in [7, 11) is 2.64. The van der Waals surface area contributed by atoms with Crippen LogP contribution in [0.4, 0.5) is 13.2 Å². The number of hydrogen-bond donors (Lipinski definition) is 0. The Kier molecular flexibility index (Phi) is 6.35. The van der Waals surface area contributed by atoms with Gasteiger partial charge in [-0.25, -0.2) is 22.9 Å². The van der Waals surface area contributed by atoms with Gasteiger partial charge in [0.25, 0.3) is 0 Å². The number of hydrogen-bond acceptors (Lipinski definition) is 5. The van der Waals surface area contributed by atoms with Crippen LogP contribution in [0, 0.1) is 17.5 Å². The molecule has 1 aromatic carbocycles. The van der Waals surface area contributed by atoms with Crippen molar-refractivity contribution in [1.82, 2.24) is 4.98 Å². The molecule has 8 heteroatoms. The van der Waals surface area contributed by atoms with Crippen LogP contribution < -0.4 is 4.74 Å². The summed E-state index contributed by atoms with van der Waals surface area (Å²) in [6, 6.07) is 3.81. The summed E-state index contributed by atoms with van der Waals surface area (Å²) >= 11 is 0. The molecular formula is C17H16F3NO4. The molecule has 0 radical (unpaired) electrons. The first-order valence-electron chi connectivity index (χ1n) is 7.34. The summed E-state index contributed by atoms with van der Waals surface area (Å²) in [5, 5.41) is 0. The number of pyridine rings is 1. The summed E-state index contributed by atoms with van der Waals surface area (Å²) in [6.07, 6.45) is 0.541. The van der Waals surface area contributed by atoms with E-state index in [0.717, 1.165) is 31.4 Å². The van der Waals surface area contributed by atoms with Crippen molar-refractivity contribution < 1.29 is 32.2 Å². The monoisotopic (exact) mass is 355 g/mol. The molecule has 2 aromatic rings. The fraction of sp³-hybridized carbons (Fsp3) is 0.294. The number of carbonyl (C=O) groups is 1. The highest BCUT2D eigenvalue weighted by Crippen LogP contribution is 2.30. The Bertz CT molecular complexity index is 745. The number of nitrogens with zero attached hydrogens (tertiary/aromatic N) is 1. The number of halogens is 3. The highest BCUT2D eigenvalue weighted by molar-refractivity contribution is 5.87. The smallest absolute Gasteiger partial charge is 0.356 e. The van der Waals surface area contributed by atoms with Crippen LogP contribution in [0.2, 0.25) is 0 Å². The molecule has 0 spiro atoms. The highest BCUT2D eigenvalue weighted by atomic mass is 19.1. The summed E-state index contributed by atoms with van der Waals surface area (Å²) in [6.45, 7) is 0.648. The molecule has 134 valence electrons. The molecule has 5 nitrogen and oxygen atoms in total. The number of methoxy groups -OCH3 is 2. The van der Waals surface area contributed by atoms with E-state index in [4.69, 9.17) is 9.47 Å². The van der Waals surface area contributed by atoms with Gasteiger partial charge >= 0.3 is 5.97 Å². The second kappa shape index (κ2) is 8.48. The molecule has 25 heavy (non-hydrogen) atoms. The van der Waals surface area contributed by atoms with E-state index in [-0.39, 0.29) is 18.1 Å². The van der Waals surface area contributed by atoms with Gasteiger partial charge in [0.15, 0.2) is 0 Å². The maximum absolute atomic E-state index is 14.3. The van der Waals surface area contributed by atoms with Gasteiger partial charge in [0, 0.05) is 32.3 Å². The topological polar surface area (TPSA) is 57.7 Å². The molecule has 0 unspecified atom stereocenters. The lowest BCUT2D eigenvalue weighted by Crippen LogP contribution is -2.07. The first-order valence-corrected chi connectivity index (χ1v) is 7.34. The van der Waals surface area contributed by atoms with Crippen LogP contribution in [0.1, 0.15) is 16.9 Å². The van der Waals surface area contributed by atoms with Gasteiger partial charge in [-0.15, -0.1) is 0 Å². The van der Waals surface area contributed by atoms with E-state index in [1.54, 1.807) is 0 Å². The average Bonchev–Trinajstić information content (AvgIpc) is 2.59. The van der Waals surface area contributed by atoms with Gasteiger partial charge in [-0.3, -0.25) is 0 Å².